The van der Waals surface area contributed by atoms with Crippen molar-refractivity contribution < 1.29 is 0 Å². The van der Waals surface area contributed by atoms with E-state index in [9.17, 15) is 0 Å². The Morgan fingerprint density at radius 3 is 2.83 bits per heavy atom. The Morgan fingerprint density at radius 1 is 1.33 bits per heavy atom. The number of rotatable bonds is 5. The molecule has 100 valence electrons. The Morgan fingerprint density at radius 2 is 2.11 bits per heavy atom. The Labute approximate surface area is 111 Å². The van der Waals surface area contributed by atoms with E-state index in [-0.39, 0.29) is 0 Å². The molecule has 1 unspecified atom stereocenters. The number of nitrogens with two attached hydrogens (primary N) is 1. The first kappa shape index (κ1) is 13.4. The maximum atomic E-state index is 5.99. The van der Waals surface area contributed by atoms with Gasteiger partial charge in [-0.05, 0) is 51.5 Å². The van der Waals surface area contributed by atoms with Gasteiger partial charge in [0, 0.05) is 24.8 Å². The first-order valence-electron chi connectivity index (χ1n) is 6.89. The summed E-state index contributed by atoms with van der Waals surface area (Å²) < 4.78 is 0. The number of hydrogen-bond donors (Lipinski definition) is 1. The fourth-order valence-electron chi connectivity index (χ4n) is 2.84. The van der Waals surface area contributed by atoms with Crippen LogP contribution in [0.2, 0.25) is 0 Å². The lowest BCUT2D eigenvalue weighted by Crippen LogP contribution is -2.38. The fourth-order valence-corrected chi connectivity index (χ4v) is 2.84. The second-order valence-corrected chi connectivity index (χ2v) is 5.54. The molecule has 2 rings (SSSR count). The number of nitrogen functional groups attached to an aromatic ring is 1. The molecular formula is C15H25N3. The minimum absolute atomic E-state index is 0.727. The van der Waals surface area contributed by atoms with Gasteiger partial charge in [-0.1, -0.05) is 18.2 Å². The van der Waals surface area contributed by atoms with E-state index in [0.717, 1.165) is 24.7 Å². The highest BCUT2D eigenvalue weighted by Gasteiger charge is 2.24. The van der Waals surface area contributed by atoms with Crippen LogP contribution in [0.3, 0.4) is 0 Å². The Bertz CT molecular complexity index is 376. The number of likely N-dealkylation sites (N-methyl/N-ethyl adjacent to an activating group) is 1. The van der Waals surface area contributed by atoms with E-state index in [4.69, 9.17) is 5.73 Å². The summed E-state index contributed by atoms with van der Waals surface area (Å²) in [7, 11) is 4.32. The second-order valence-electron chi connectivity index (χ2n) is 5.54. The van der Waals surface area contributed by atoms with Crippen LogP contribution in [0.4, 0.5) is 5.69 Å². The van der Waals surface area contributed by atoms with Gasteiger partial charge in [-0.15, -0.1) is 0 Å². The van der Waals surface area contributed by atoms with Crippen molar-refractivity contribution in [3.8, 4) is 0 Å². The number of hydrogen-bond acceptors (Lipinski definition) is 3. The SMILES string of the molecule is CN(C)CC1CCCN1CCc1ccccc1N. The largest absolute Gasteiger partial charge is 0.399 e. The second kappa shape index (κ2) is 6.21. The maximum absolute atomic E-state index is 5.99. The lowest BCUT2D eigenvalue weighted by Gasteiger charge is -2.27. The Hall–Kier alpha value is -1.06. The minimum atomic E-state index is 0.727. The van der Waals surface area contributed by atoms with E-state index in [1.807, 2.05) is 12.1 Å². The third kappa shape index (κ3) is 3.47. The first-order valence-corrected chi connectivity index (χ1v) is 6.89. The molecule has 1 aromatic rings. The predicted molar refractivity (Wildman–Crippen MR) is 77.7 cm³/mol. The average Bonchev–Trinajstić information content (AvgIpc) is 2.75. The van der Waals surface area contributed by atoms with Gasteiger partial charge >= 0.3 is 0 Å². The zero-order chi connectivity index (χ0) is 13.0. The normalized spacial score (nSPS) is 20.7. The smallest absolute Gasteiger partial charge is 0.0347 e. The summed E-state index contributed by atoms with van der Waals surface area (Å²) in [4.78, 5) is 4.91. The van der Waals surface area contributed by atoms with Crippen LogP contribution in [0.1, 0.15) is 18.4 Å². The summed E-state index contributed by atoms with van der Waals surface area (Å²) in [5.41, 5.74) is 8.21. The third-order valence-electron chi connectivity index (χ3n) is 3.80. The lowest BCUT2D eigenvalue weighted by molar-refractivity contribution is 0.210. The lowest BCUT2D eigenvalue weighted by atomic mass is 10.1. The quantitative estimate of drug-likeness (QED) is 0.806. The van der Waals surface area contributed by atoms with Gasteiger partial charge in [-0.25, -0.2) is 0 Å². The molecule has 0 spiro atoms. The monoisotopic (exact) mass is 247 g/mol. The number of likely N-dealkylation sites (tertiary alicyclic amines) is 1. The van der Waals surface area contributed by atoms with E-state index in [1.165, 1.54) is 31.5 Å². The van der Waals surface area contributed by atoms with Crippen LogP contribution in [0, 0.1) is 0 Å². The van der Waals surface area contributed by atoms with Gasteiger partial charge in [0.15, 0.2) is 0 Å². The van der Waals surface area contributed by atoms with Crippen molar-refractivity contribution in [1.29, 1.82) is 0 Å². The highest BCUT2D eigenvalue weighted by Crippen LogP contribution is 2.19. The van der Waals surface area contributed by atoms with Crippen LogP contribution in [0.25, 0.3) is 0 Å². The van der Waals surface area contributed by atoms with E-state index in [1.54, 1.807) is 0 Å². The van der Waals surface area contributed by atoms with Crippen LogP contribution in [-0.2, 0) is 6.42 Å². The molecule has 3 nitrogen and oxygen atoms in total. The summed E-state index contributed by atoms with van der Waals surface area (Å²) in [6.45, 7) is 3.54. The van der Waals surface area contributed by atoms with Crippen molar-refractivity contribution in [3.63, 3.8) is 0 Å². The molecule has 1 aromatic carbocycles. The van der Waals surface area contributed by atoms with Crippen LogP contribution in [-0.4, -0.2) is 49.6 Å². The van der Waals surface area contributed by atoms with E-state index < -0.39 is 0 Å². The van der Waals surface area contributed by atoms with Crippen molar-refractivity contribution in [2.75, 3.05) is 39.5 Å². The van der Waals surface area contributed by atoms with E-state index in [2.05, 4.69) is 36.0 Å². The predicted octanol–water partition coefficient (Wildman–Crippen LogP) is 1.84. The van der Waals surface area contributed by atoms with Crippen molar-refractivity contribution in [2.45, 2.75) is 25.3 Å². The molecule has 0 radical (unpaired) electrons. The van der Waals surface area contributed by atoms with Gasteiger partial charge in [-0.3, -0.25) is 4.90 Å². The van der Waals surface area contributed by atoms with Gasteiger partial charge in [0.05, 0.1) is 0 Å². The third-order valence-corrected chi connectivity index (χ3v) is 3.80. The topological polar surface area (TPSA) is 32.5 Å². The number of para-hydroxylation sites is 1. The molecular weight excluding hydrogens is 222 g/mol. The molecule has 1 fully saturated rings. The zero-order valence-corrected chi connectivity index (χ0v) is 11.6. The van der Waals surface area contributed by atoms with E-state index >= 15 is 0 Å². The Balaban J connectivity index is 1.88. The van der Waals surface area contributed by atoms with E-state index in [0.29, 0.717) is 0 Å². The Kier molecular flexibility index (Phi) is 4.61. The summed E-state index contributed by atoms with van der Waals surface area (Å²) in [6, 6.07) is 8.95. The fraction of sp³-hybridized carbons (Fsp3) is 0.600. The summed E-state index contributed by atoms with van der Waals surface area (Å²) in [5.74, 6) is 0. The molecule has 0 amide bonds. The first-order chi connectivity index (χ1) is 8.66. The molecule has 2 N–H and O–H groups in total. The molecule has 0 saturated carbocycles. The highest BCUT2D eigenvalue weighted by molar-refractivity contribution is 5.46. The van der Waals surface area contributed by atoms with Crippen molar-refractivity contribution in [3.05, 3.63) is 29.8 Å². The molecule has 3 heteroatoms. The van der Waals surface area contributed by atoms with Gasteiger partial charge in [0.25, 0.3) is 0 Å². The molecule has 1 heterocycles. The van der Waals surface area contributed by atoms with Crippen LogP contribution in [0.15, 0.2) is 24.3 Å². The highest BCUT2D eigenvalue weighted by atomic mass is 15.2. The van der Waals surface area contributed by atoms with Crippen LogP contribution in [0.5, 0.6) is 0 Å². The maximum Gasteiger partial charge on any atom is 0.0347 e. The molecule has 0 bridgehead atoms. The minimum Gasteiger partial charge on any atom is -0.399 e. The number of benzene rings is 1. The van der Waals surface area contributed by atoms with Crippen LogP contribution < -0.4 is 5.73 Å². The zero-order valence-electron chi connectivity index (χ0n) is 11.6. The number of nitrogens with zero attached hydrogens (tertiary/aromatic N) is 2. The summed E-state index contributed by atoms with van der Waals surface area (Å²) >= 11 is 0. The molecule has 18 heavy (non-hydrogen) atoms. The van der Waals surface area contributed by atoms with Crippen molar-refractivity contribution in [2.24, 2.45) is 0 Å². The molecule has 1 aliphatic heterocycles. The van der Waals surface area contributed by atoms with Gasteiger partial charge in [0.1, 0.15) is 0 Å². The number of anilines is 1. The molecule has 0 aliphatic carbocycles. The van der Waals surface area contributed by atoms with Crippen LogP contribution >= 0.6 is 0 Å². The summed E-state index contributed by atoms with van der Waals surface area (Å²) in [6.07, 6.45) is 3.74. The molecule has 0 aromatic heterocycles. The molecule has 1 saturated heterocycles. The van der Waals surface area contributed by atoms with Crippen molar-refractivity contribution in [1.82, 2.24) is 9.80 Å². The summed E-state index contributed by atoms with van der Waals surface area (Å²) in [5, 5.41) is 0. The molecule has 1 aliphatic rings. The average molecular weight is 247 g/mol. The standard InChI is InChI=1S/C15H25N3/c1-17(2)12-14-7-5-10-18(14)11-9-13-6-3-4-8-15(13)16/h3-4,6,8,14H,5,7,9-12,16H2,1-2H3. The van der Waals surface area contributed by atoms with Gasteiger partial charge in [0.2, 0.25) is 0 Å². The van der Waals surface area contributed by atoms with Crippen molar-refractivity contribution >= 4 is 5.69 Å². The van der Waals surface area contributed by atoms with Gasteiger partial charge in [-0.2, -0.15) is 0 Å². The molecule has 1 atom stereocenters. The van der Waals surface area contributed by atoms with Gasteiger partial charge < -0.3 is 10.6 Å².